The second-order valence-corrected chi connectivity index (χ2v) is 4.89. The topological polar surface area (TPSA) is 59.1 Å². The molecule has 0 unspecified atom stereocenters. The Morgan fingerprint density at radius 3 is 2.78 bits per heavy atom. The van der Waals surface area contributed by atoms with E-state index >= 15 is 0 Å². The van der Waals surface area contributed by atoms with Crippen LogP contribution in [0.5, 0.6) is 5.75 Å². The van der Waals surface area contributed by atoms with E-state index in [9.17, 15) is 9.90 Å². The third kappa shape index (κ3) is 1.56. The van der Waals surface area contributed by atoms with Crippen LogP contribution < -0.4 is 4.74 Å². The minimum Gasteiger partial charge on any atom is -0.497 e. The van der Waals surface area contributed by atoms with Gasteiger partial charge < -0.3 is 14.6 Å². The van der Waals surface area contributed by atoms with Crippen molar-refractivity contribution in [3.8, 4) is 5.75 Å². The monoisotopic (exact) mass is 248 g/mol. The molecular formula is C14H16O4. The number of aliphatic hydroxyl groups is 1. The Morgan fingerprint density at radius 2 is 2.17 bits per heavy atom. The Hall–Kier alpha value is -1.39. The van der Waals surface area contributed by atoms with Crippen molar-refractivity contribution < 1.29 is 19.4 Å². The molecule has 2 fully saturated rings. The van der Waals surface area contributed by atoms with Crippen molar-refractivity contribution in [1.29, 1.82) is 0 Å². The highest BCUT2D eigenvalue weighted by Crippen LogP contribution is 2.52. The van der Waals surface area contributed by atoms with Crippen LogP contribution in [0, 0.1) is 0 Å². The van der Waals surface area contributed by atoms with Crippen molar-refractivity contribution in [1.82, 2.24) is 0 Å². The summed E-state index contributed by atoms with van der Waals surface area (Å²) >= 11 is 0. The van der Waals surface area contributed by atoms with Gasteiger partial charge in [0.2, 0.25) is 0 Å². The molecule has 0 amide bonds. The molecule has 0 radical (unpaired) electrons. The molecule has 0 spiro atoms. The first-order chi connectivity index (χ1) is 8.68. The van der Waals surface area contributed by atoms with Crippen molar-refractivity contribution in [2.24, 2.45) is 0 Å². The van der Waals surface area contributed by atoms with Crippen LogP contribution in [-0.4, -0.2) is 29.7 Å². The fraction of sp³-hybridized carbons (Fsp3) is 0.500. The number of hydrogen-bond donors (Lipinski definition) is 1. The lowest BCUT2D eigenvalue weighted by atomic mass is 9.81. The van der Waals surface area contributed by atoms with Gasteiger partial charge in [-0.3, -0.25) is 4.79 Å². The molecule has 4 heteroatoms. The number of rotatable bonds is 3. The van der Waals surface area contributed by atoms with Crippen LogP contribution in [0.3, 0.4) is 0 Å². The molecule has 18 heavy (non-hydrogen) atoms. The molecule has 1 heterocycles. The van der Waals surface area contributed by atoms with E-state index in [2.05, 4.69) is 0 Å². The standard InChI is InChI=1S/C14H16O4/c1-17-10-7-5-9(6-8-10)13(16)14-11(15)3-2-4-12(14)18-14/h5-8,12-13,16H,2-4H2,1H3/t12-,13-,14+/m1/s1. The number of epoxide rings is 1. The predicted octanol–water partition coefficient (Wildman–Crippen LogP) is 1.62. The van der Waals surface area contributed by atoms with E-state index in [1.807, 2.05) is 0 Å². The average Bonchev–Trinajstić information content (AvgIpc) is 3.15. The van der Waals surface area contributed by atoms with Crippen LogP contribution in [0.2, 0.25) is 0 Å². The first-order valence-electron chi connectivity index (χ1n) is 6.21. The van der Waals surface area contributed by atoms with Gasteiger partial charge in [-0.2, -0.15) is 0 Å². The number of benzene rings is 1. The van der Waals surface area contributed by atoms with Gasteiger partial charge in [0.1, 0.15) is 11.9 Å². The van der Waals surface area contributed by atoms with Crippen LogP contribution in [0.15, 0.2) is 24.3 Å². The number of fused-ring (bicyclic) bond motifs is 1. The van der Waals surface area contributed by atoms with Crippen LogP contribution in [0.4, 0.5) is 0 Å². The van der Waals surface area contributed by atoms with E-state index in [0.29, 0.717) is 12.0 Å². The largest absolute Gasteiger partial charge is 0.497 e. The Morgan fingerprint density at radius 1 is 1.44 bits per heavy atom. The van der Waals surface area contributed by atoms with Crippen molar-refractivity contribution in [3.05, 3.63) is 29.8 Å². The number of carbonyl (C=O) groups excluding carboxylic acids is 1. The summed E-state index contributed by atoms with van der Waals surface area (Å²) in [6, 6.07) is 7.11. The number of hydrogen-bond acceptors (Lipinski definition) is 4. The number of ether oxygens (including phenoxy) is 2. The zero-order valence-electron chi connectivity index (χ0n) is 10.3. The Bertz CT molecular complexity index is 467. The maximum Gasteiger partial charge on any atom is 0.182 e. The predicted molar refractivity (Wildman–Crippen MR) is 64.4 cm³/mol. The normalized spacial score (nSPS) is 31.7. The number of aliphatic hydroxyl groups excluding tert-OH is 1. The molecule has 1 aromatic rings. The van der Waals surface area contributed by atoms with Crippen LogP contribution in [-0.2, 0) is 9.53 Å². The van der Waals surface area contributed by atoms with Crippen molar-refractivity contribution in [2.75, 3.05) is 7.11 Å². The quantitative estimate of drug-likeness (QED) is 0.826. The molecule has 3 atom stereocenters. The lowest BCUT2D eigenvalue weighted by molar-refractivity contribution is -0.129. The molecule has 4 nitrogen and oxygen atoms in total. The van der Waals surface area contributed by atoms with Gasteiger partial charge in [-0.25, -0.2) is 0 Å². The molecular weight excluding hydrogens is 232 g/mol. The molecule has 1 saturated heterocycles. The summed E-state index contributed by atoms with van der Waals surface area (Å²) in [4.78, 5) is 12.0. The van der Waals surface area contributed by atoms with Gasteiger partial charge in [-0.05, 0) is 30.5 Å². The molecule has 1 aliphatic carbocycles. The molecule has 2 aliphatic rings. The first kappa shape index (κ1) is 11.7. The zero-order chi connectivity index (χ0) is 12.8. The van der Waals surface area contributed by atoms with Gasteiger partial charge in [-0.1, -0.05) is 12.1 Å². The van der Waals surface area contributed by atoms with E-state index in [-0.39, 0.29) is 11.9 Å². The van der Waals surface area contributed by atoms with Crippen molar-refractivity contribution in [2.45, 2.75) is 37.1 Å². The maximum atomic E-state index is 12.0. The summed E-state index contributed by atoms with van der Waals surface area (Å²) in [5.74, 6) is 0.758. The molecule has 1 saturated carbocycles. The van der Waals surface area contributed by atoms with Gasteiger partial charge in [0.05, 0.1) is 13.2 Å². The molecule has 0 bridgehead atoms. The molecule has 1 N–H and O–H groups in total. The minimum absolute atomic E-state index is 0.0297. The number of Topliss-reactive ketones (excluding diaryl/α,β-unsaturated/α-hetero) is 1. The third-order valence-electron chi connectivity index (χ3n) is 3.90. The summed E-state index contributed by atoms with van der Waals surface area (Å²) in [5, 5.41) is 10.4. The summed E-state index contributed by atoms with van der Waals surface area (Å²) in [7, 11) is 1.59. The zero-order valence-corrected chi connectivity index (χ0v) is 10.3. The molecule has 0 aromatic heterocycles. The third-order valence-corrected chi connectivity index (χ3v) is 3.90. The minimum atomic E-state index is -0.965. The van der Waals surface area contributed by atoms with Crippen LogP contribution in [0.1, 0.15) is 30.9 Å². The molecule has 3 rings (SSSR count). The summed E-state index contributed by atoms with van der Waals surface area (Å²) in [5.41, 5.74) is -0.263. The summed E-state index contributed by atoms with van der Waals surface area (Å²) in [6.07, 6.45) is 1.25. The van der Waals surface area contributed by atoms with E-state index in [1.54, 1.807) is 31.4 Å². The second kappa shape index (κ2) is 4.07. The van der Waals surface area contributed by atoms with Crippen LogP contribution >= 0.6 is 0 Å². The van der Waals surface area contributed by atoms with E-state index in [1.165, 1.54) is 0 Å². The lowest BCUT2D eigenvalue weighted by Crippen LogP contribution is -2.37. The van der Waals surface area contributed by atoms with E-state index in [4.69, 9.17) is 9.47 Å². The molecule has 96 valence electrons. The molecule has 1 aliphatic heterocycles. The SMILES string of the molecule is COc1ccc([C@@H](O)[C@@]23O[C@@H]2CCCC3=O)cc1. The summed E-state index contributed by atoms with van der Waals surface area (Å²) in [6.45, 7) is 0. The first-order valence-corrected chi connectivity index (χ1v) is 6.21. The fourth-order valence-electron chi connectivity index (χ4n) is 2.79. The summed E-state index contributed by atoms with van der Waals surface area (Å²) < 4.78 is 10.6. The van der Waals surface area contributed by atoms with Gasteiger partial charge in [0.25, 0.3) is 0 Å². The number of carbonyl (C=O) groups is 1. The van der Waals surface area contributed by atoms with Crippen molar-refractivity contribution >= 4 is 5.78 Å². The van der Waals surface area contributed by atoms with E-state index in [0.717, 1.165) is 18.6 Å². The number of methoxy groups -OCH3 is 1. The second-order valence-electron chi connectivity index (χ2n) is 4.89. The smallest absolute Gasteiger partial charge is 0.182 e. The highest BCUT2D eigenvalue weighted by molar-refractivity contribution is 5.92. The van der Waals surface area contributed by atoms with Gasteiger partial charge in [-0.15, -0.1) is 0 Å². The Kier molecular flexibility index (Phi) is 2.64. The molecule has 1 aromatic carbocycles. The average molecular weight is 248 g/mol. The highest BCUT2D eigenvalue weighted by atomic mass is 16.6. The van der Waals surface area contributed by atoms with Crippen molar-refractivity contribution in [3.63, 3.8) is 0 Å². The lowest BCUT2D eigenvalue weighted by Gasteiger charge is -2.22. The fourth-order valence-corrected chi connectivity index (χ4v) is 2.79. The maximum absolute atomic E-state index is 12.0. The van der Waals surface area contributed by atoms with Gasteiger partial charge in [0, 0.05) is 6.42 Å². The van der Waals surface area contributed by atoms with Crippen LogP contribution in [0.25, 0.3) is 0 Å². The highest BCUT2D eigenvalue weighted by Gasteiger charge is 2.67. The van der Waals surface area contributed by atoms with Gasteiger partial charge >= 0.3 is 0 Å². The van der Waals surface area contributed by atoms with Gasteiger partial charge in [0.15, 0.2) is 11.4 Å². The van der Waals surface area contributed by atoms with E-state index < -0.39 is 11.7 Å². The number of ketones is 1. The Balaban J connectivity index is 1.86. The Labute approximate surface area is 106 Å².